The van der Waals surface area contributed by atoms with Crippen molar-refractivity contribution >= 4 is 32.8 Å². The summed E-state index contributed by atoms with van der Waals surface area (Å²) in [7, 11) is 1.97. The van der Waals surface area contributed by atoms with Crippen LogP contribution in [0, 0.1) is 0 Å². The fourth-order valence-corrected chi connectivity index (χ4v) is 2.36. The van der Waals surface area contributed by atoms with Crippen molar-refractivity contribution < 1.29 is 0 Å². The topological polar surface area (TPSA) is 41.9 Å². The van der Waals surface area contributed by atoms with E-state index in [4.69, 9.17) is 0 Å². The molecule has 0 bridgehead atoms. The first kappa shape index (κ1) is 13.0. The smallest absolute Gasteiger partial charge is 0.225 e. The highest BCUT2D eigenvalue weighted by molar-refractivity contribution is 9.10. The molecule has 3 aromatic rings. The lowest BCUT2D eigenvalue weighted by Gasteiger charge is -2.16. The average Bonchev–Trinajstić information content (AvgIpc) is 2.47. The molecule has 0 saturated carbocycles. The minimum absolute atomic E-state index is 0.683. The van der Waals surface area contributed by atoms with Gasteiger partial charge >= 0.3 is 0 Å². The summed E-state index contributed by atoms with van der Waals surface area (Å²) in [4.78, 5) is 15.3. The minimum Gasteiger partial charge on any atom is -0.338 e. The first-order valence-corrected chi connectivity index (χ1v) is 7.05. The molecule has 1 aromatic carbocycles. The van der Waals surface area contributed by atoms with Crippen LogP contribution in [0.4, 0.5) is 5.95 Å². The van der Waals surface area contributed by atoms with Crippen molar-refractivity contribution in [3.63, 3.8) is 0 Å². The van der Waals surface area contributed by atoms with Gasteiger partial charge in [0.2, 0.25) is 5.95 Å². The molecule has 3 rings (SSSR count). The van der Waals surface area contributed by atoms with Crippen LogP contribution in [-0.2, 0) is 6.54 Å². The van der Waals surface area contributed by atoms with Gasteiger partial charge in [-0.05, 0) is 30.3 Å². The van der Waals surface area contributed by atoms with Crippen molar-refractivity contribution in [2.45, 2.75) is 6.54 Å². The molecule has 0 aliphatic rings. The maximum atomic E-state index is 4.58. The molecule has 0 unspecified atom stereocenters. The van der Waals surface area contributed by atoms with Crippen molar-refractivity contribution in [3.8, 4) is 0 Å². The van der Waals surface area contributed by atoms with Gasteiger partial charge in [-0.25, -0.2) is 9.97 Å². The summed E-state index contributed by atoms with van der Waals surface area (Å²) in [5.41, 5.74) is 1.93. The Kier molecular flexibility index (Phi) is 3.60. The highest BCUT2D eigenvalue weighted by Crippen LogP contribution is 2.19. The summed E-state index contributed by atoms with van der Waals surface area (Å²) in [6, 6.07) is 11.9. The molecule has 0 aliphatic carbocycles. The first-order valence-electron chi connectivity index (χ1n) is 6.26. The Labute approximate surface area is 125 Å². The molecule has 0 saturated heterocycles. The van der Waals surface area contributed by atoms with E-state index in [1.165, 1.54) is 0 Å². The van der Waals surface area contributed by atoms with Gasteiger partial charge < -0.3 is 4.90 Å². The fourth-order valence-electron chi connectivity index (χ4n) is 1.98. The number of rotatable bonds is 3. The lowest BCUT2D eigenvalue weighted by molar-refractivity contribution is 0.846. The standard InChI is InChI=1S/C15H13BrN4/c1-20(10-13-4-2-3-7-17-13)15-18-9-11-8-12(16)5-6-14(11)19-15/h2-9H,10H2,1H3. The maximum absolute atomic E-state index is 4.58. The minimum atomic E-state index is 0.683. The number of hydrogen-bond acceptors (Lipinski definition) is 4. The SMILES string of the molecule is CN(Cc1ccccn1)c1ncc2cc(Br)ccc2n1. The number of pyridine rings is 1. The molecule has 2 aromatic heterocycles. The quantitative estimate of drug-likeness (QED) is 0.738. The van der Waals surface area contributed by atoms with E-state index in [-0.39, 0.29) is 0 Å². The van der Waals surface area contributed by atoms with E-state index < -0.39 is 0 Å². The van der Waals surface area contributed by atoms with Crippen LogP contribution in [0.3, 0.4) is 0 Å². The zero-order chi connectivity index (χ0) is 13.9. The molecule has 0 radical (unpaired) electrons. The van der Waals surface area contributed by atoms with Crippen LogP contribution < -0.4 is 4.90 Å². The Bertz CT molecular complexity index is 730. The third-order valence-corrected chi connectivity index (χ3v) is 3.49. The van der Waals surface area contributed by atoms with Crippen LogP contribution in [0.1, 0.15) is 5.69 Å². The van der Waals surface area contributed by atoms with Crippen molar-refractivity contribution in [2.24, 2.45) is 0 Å². The molecule has 2 heterocycles. The van der Waals surface area contributed by atoms with Crippen molar-refractivity contribution in [1.82, 2.24) is 15.0 Å². The van der Waals surface area contributed by atoms with Crippen molar-refractivity contribution in [2.75, 3.05) is 11.9 Å². The molecule has 0 amide bonds. The van der Waals surface area contributed by atoms with Gasteiger partial charge in [0.05, 0.1) is 17.8 Å². The van der Waals surface area contributed by atoms with E-state index in [0.29, 0.717) is 12.5 Å². The number of anilines is 1. The number of halogens is 1. The average molecular weight is 329 g/mol. The Morgan fingerprint density at radius 2 is 2.05 bits per heavy atom. The summed E-state index contributed by atoms with van der Waals surface area (Å²) in [5, 5.41) is 1.02. The van der Waals surface area contributed by atoms with E-state index in [2.05, 4.69) is 30.9 Å². The zero-order valence-electron chi connectivity index (χ0n) is 11.0. The molecule has 0 atom stereocenters. The van der Waals surface area contributed by atoms with Gasteiger partial charge in [0.25, 0.3) is 0 Å². The van der Waals surface area contributed by atoms with Gasteiger partial charge in [-0.2, -0.15) is 0 Å². The summed E-state index contributed by atoms with van der Waals surface area (Å²) >= 11 is 3.45. The Morgan fingerprint density at radius 3 is 2.85 bits per heavy atom. The first-order chi connectivity index (χ1) is 9.72. The molecular weight excluding hydrogens is 316 g/mol. The van der Waals surface area contributed by atoms with Crippen LogP contribution >= 0.6 is 15.9 Å². The van der Waals surface area contributed by atoms with E-state index in [1.807, 2.05) is 54.5 Å². The molecule has 0 spiro atoms. The van der Waals surface area contributed by atoms with Crippen LogP contribution in [0.2, 0.25) is 0 Å². The van der Waals surface area contributed by atoms with E-state index in [9.17, 15) is 0 Å². The highest BCUT2D eigenvalue weighted by atomic mass is 79.9. The Hall–Kier alpha value is -2.01. The highest BCUT2D eigenvalue weighted by Gasteiger charge is 2.07. The van der Waals surface area contributed by atoms with Crippen LogP contribution in [0.25, 0.3) is 10.9 Å². The number of hydrogen-bond donors (Lipinski definition) is 0. The van der Waals surface area contributed by atoms with Crippen molar-refractivity contribution in [3.05, 3.63) is 59.0 Å². The molecule has 0 fully saturated rings. The van der Waals surface area contributed by atoms with E-state index in [0.717, 1.165) is 21.1 Å². The maximum Gasteiger partial charge on any atom is 0.225 e. The van der Waals surface area contributed by atoms with Crippen molar-refractivity contribution in [1.29, 1.82) is 0 Å². The number of nitrogens with zero attached hydrogens (tertiary/aromatic N) is 4. The molecule has 100 valence electrons. The number of aromatic nitrogens is 3. The normalized spacial score (nSPS) is 10.7. The molecular formula is C15H13BrN4. The van der Waals surface area contributed by atoms with Crippen LogP contribution in [-0.4, -0.2) is 22.0 Å². The second-order valence-corrected chi connectivity index (χ2v) is 5.47. The summed E-state index contributed by atoms with van der Waals surface area (Å²) in [6.45, 7) is 0.683. The second-order valence-electron chi connectivity index (χ2n) is 4.55. The summed E-state index contributed by atoms with van der Waals surface area (Å²) in [5.74, 6) is 0.700. The third-order valence-electron chi connectivity index (χ3n) is 3.00. The van der Waals surface area contributed by atoms with E-state index in [1.54, 1.807) is 6.20 Å². The van der Waals surface area contributed by atoms with Gasteiger partial charge in [-0.3, -0.25) is 4.98 Å². The van der Waals surface area contributed by atoms with Crippen LogP contribution in [0.15, 0.2) is 53.3 Å². The lowest BCUT2D eigenvalue weighted by atomic mass is 10.2. The molecule has 4 nitrogen and oxygen atoms in total. The number of benzene rings is 1. The van der Waals surface area contributed by atoms with Gasteiger partial charge in [-0.1, -0.05) is 22.0 Å². The van der Waals surface area contributed by atoms with Gasteiger partial charge in [-0.15, -0.1) is 0 Å². The monoisotopic (exact) mass is 328 g/mol. The molecule has 20 heavy (non-hydrogen) atoms. The molecule has 5 heteroatoms. The largest absolute Gasteiger partial charge is 0.338 e. The van der Waals surface area contributed by atoms with Gasteiger partial charge in [0.1, 0.15) is 0 Å². The fraction of sp³-hybridized carbons (Fsp3) is 0.133. The van der Waals surface area contributed by atoms with Gasteiger partial charge in [0, 0.05) is 29.3 Å². The summed E-state index contributed by atoms with van der Waals surface area (Å²) in [6.07, 6.45) is 3.64. The summed E-state index contributed by atoms with van der Waals surface area (Å²) < 4.78 is 1.03. The lowest BCUT2D eigenvalue weighted by Crippen LogP contribution is -2.19. The predicted octanol–water partition coefficient (Wildman–Crippen LogP) is 3.42. The third kappa shape index (κ3) is 2.77. The molecule has 0 N–H and O–H groups in total. The second kappa shape index (κ2) is 5.54. The van der Waals surface area contributed by atoms with Gasteiger partial charge in [0.15, 0.2) is 0 Å². The number of fused-ring (bicyclic) bond motifs is 1. The Balaban J connectivity index is 1.88. The Morgan fingerprint density at radius 1 is 1.15 bits per heavy atom. The molecule has 0 aliphatic heterocycles. The zero-order valence-corrected chi connectivity index (χ0v) is 12.6. The van der Waals surface area contributed by atoms with E-state index >= 15 is 0 Å². The van der Waals surface area contributed by atoms with Crippen LogP contribution in [0.5, 0.6) is 0 Å². The predicted molar refractivity (Wildman–Crippen MR) is 83.6 cm³/mol.